The molecule has 4 atom stereocenters. The van der Waals surface area contributed by atoms with Gasteiger partial charge in [-0.15, -0.1) is 11.8 Å². The summed E-state index contributed by atoms with van der Waals surface area (Å²) in [6, 6.07) is 7.06. The van der Waals surface area contributed by atoms with E-state index in [4.69, 9.17) is 5.73 Å². The Morgan fingerprint density at radius 1 is 1.22 bits per heavy atom. The lowest BCUT2D eigenvalue weighted by molar-refractivity contribution is -0.128. The Morgan fingerprint density at radius 3 is 2.59 bits per heavy atom. The molecule has 1 amide bonds. The Balaban J connectivity index is 1.58. The summed E-state index contributed by atoms with van der Waals surface area (Å²) in [6.07, 6.45) is 7.93. The van der Waals surface area contributed by atoms with Crippen LogP contribution in [0, 0.1) is 31.1 Å². The molecule has 32 heavy (non-hydrogen) atoms. The van der Waals surface area contributed by atoms with Crippen LogP contribution in [0.4, 0.5) is 0 Å². The number of carbonyl (C=O) groups is 1. The van der Waals surface area contributed by atoms with E-state index in [-0.39, 0.29) is 17.2 Å². The molecule has 0 bridgehead atoms. The average molecular weight is 454 g/mol. The lowest BCUT2D eigenvalue weighted by Gasteiger charge is -2.29. The molecule has 0 saturated heterocycles. The topological polar surface area (TPSA) is 67.2 Å². The number of benzene rings is 1. The largest absolute Gasteiger partial charge is 0.372 e. The van der Waals surface area contributed by atoms with Gasteiger partial charge in [0.1, 0.15) is 0 Å². The smallest absolute Gasteiger partial charge is 0.230 e. The number of amides is 1. The third kappa shape index (κ3) is 4.38. The molecule has 1 saturated carbocycles. The van der Waals surface area contributed by atoms with Gasteiger partial charge in [0, 0.05) is 17.7 Å². The van der Waals surface area contributed by atoms with Gasteiger partial charge in [0.15, 0.2) is 0 Å². The molecular weight excluding hydrogens is 414 g/mol. The van der Waals surface area contributed by atoms with E-state index in [2.05, 4.69) is 69.5 Å². The van der Waals surface area contributed by atoms with Crippen molar-refractivity contribution < 1.29 is 4.79 Å². The van der Waals surface area contributed by atoms with E-state index in [0.717, 1.165) is 19.3 Å². The van der Waals surface area contributed by atoms with Crippen molar-refractivity contribution in [2.45, 2.75) is 78.1 Å². The molecule has 4 N–H and O–H groups in total. The lowest BCUT2D eigenvalue weighted by atomic mass is 9.87. The third-order valence-electron chi connectivity index (χ3n) is 7.53. The SMILES string of the molecule is CCC1CCCC1NC(=O)C(C)(C)C1=CC2C(CCN)=C(c3cc(C)cc(C)c3)NC2S1. The molecule has 0 aromatic heterocycles. The number of hydrogen-bond acceptors (Lipinski definition) is 4. The van der Waals surface area contributed by atoms with E-state index in [1.165, 1.54) is 45.7 Å². The number of fused-ring (bicyclic) bond motifs is 1. The van der Waals surface area contributed by atoms with Crippen LogP contribution in [0.25, 0.3) is 5.70 Å². The summed E-state index contributed by atoms with van der Waals surface area (Å²) in [4.78, 5) is 14.5. The highest BCUT2D eigenvalue weighted by atomic mass is 32.2. The van der Waals surface area contributed by atoms with Crippen LogP contribution in [0.5, 0.6) is 0 Å². The van der Waals surface area contributed by atoms with E-state index >= 15 is 0 Å². The molecule has 1 fully saturated rings. The van der Waals surface area contributed by atoms with E-state index in [0.29, 0.717) is 18.5 Å². The number of nitrogens with two attached hydrogens (primary N) is 1. The van der Waals surface area contributed by atoms with Crippen LogP contribution < -0.4 is 16.4 Å². The summed E-state index contributed by atoms with van der Waals surface area (Å²) in [5.74, 6) is 1.08. The molecular formula is C27H39N3OS. The third-order valence-corrected chi connectivity index (χ3v) is 9.09. The first kappa shape index (κ1) is 23.4. The first-order valence-corrected chi connectivity index (χ1v) is 13.1. The summed E-state index contributed by atoms with van der Waals surface area (Å²) < 4.78 is 0. The second kappa shape index (κ2) is 9.26. The number of rotatable bonds is 7. The van der Waals surface area contributed by atoms with E-state index in [9.17, 15) is 4.79 Å². The Labute approximate surface area is 197 Å². The number of nitrogens with one attached hydrogen (secondary N) is 2. The molecule has 1 aliphatic carbocycles. The van der Waals surface area contributed by atoms with Crippen LogP contribution in [0.15, 0.2) is 34.8 Å². The van der Waals surface area contributed by atoms with Gasteiger partial charge in [-0.2, -0.15) is 0 Å². The predicted octanol–water partition coefficient (Wildman–Crippen LogP) is 5.26. The summed E-state index contributed by atoms with van der Waals surface area (Å²) in [5, 5.41) is 7.43. The van der Waals surface area contributed by atoms with Crippen LogP contribution in [0.2, 0.25) is 0 Å². The monoisotopic (exact) mass is 453 g/mol. The van der Waals surface area contributed by atoms with Gasteiger partial charge >= 0.3 is 0 Å². The molecule has 3 aliphatic rings. The fourth-order valence-corrected chi connectivity index (χ4v) is 7.12. The van der Waals surface area contributed by atoms with Crippen molar-refractivity contribution in [3.8, 4) is 0 Å². The molecule has 174 valence electrons. The van der Waals surface area contributed by atoms with Crippen molar-refractivity contribution in [1.82, 2.24) is 10.6 Å². The summed E-state index contributed by atoms with van der Waals surface area (Å²) in [5.41, 5.74) is 11.9. The first-order valence-electron chi connectivity index (χ1n) is 12.2. The Morgan fingerprint density at radius 2 is 1.94 bits per heavy atom. The quantitative estimate of drug-likeness (QED) is 0.527. The summed E-state index contributed by atoms with van der Waals surface area (Å²) in [6.45, 7) is 11.3. The summed E-state index contributed by atoms with van der Waals surface area (Å²) in [7, 11) is 0. The van der Waals surface area contributed by atoms with Gasteiger partial charge in [0.05, 0.1) is 10.8 Å². The predicted molar refractivity (Wildman–Crippen MR) is 136 cm³/mol. The fourth-order valence-electron chi connectivity index (χ4n) is 5.67. The van der Waals surface area contributed by atoms with E-state index < -0.39 is 5.41 Å². The van der Waals surface area contributed by atoms with Crippen LogP contribution in [-0.4, -0.2) is 23.9 Å². The van der Waals surface area contributed by atoms with Crippen molar-refractivity contribution in [2.24, 2.45) is 23.0 Å². The van der Waals surface area contributed by atoms with Gasteiger partial charge in [-0.25, -0.2) is 0 Å². The molecule has 2 aliphatic heterocycles. The number of carbonyl (C=O) groups excluding carboxylic acids is 1. The standard InChI is InChI=1S/C27H39N3OS/c1-6-18-8-7-9-22(18)29-26(31)27(4,5)23-15-21-20(10-11-28)24(30-25(21)32-23)19-13-16(2)12-17(3)14-19/h12-15,18,21-22,25,30H,6-11,28H2,1-5H3,(H,29,31). The maximum atomic E-state index is 13.3. The van der Waals surface area contributed by atoms with Crippen LogP contribution in [0.3, 0.4) is 0 Å². The molecule has 4 nitrogen and oxygen atoms in total. The molecule has 2 heterocycles. The van der Waals surface area contributed by atoms with Crippen molar-refractivity contribution in [3.63, 3.8) is 0 Å². The van der Waals surface area contributed by atoms with Crippen molar-refractivity contribution in [2.75, 3.05) is 6.54 Å². The van der Waals surface area contributed by atoms with Gasteiger partial charge < -0.3 is 16.4 Å². The van der Waals surface area contributed by atoms with Gasteiger partial charge in [-0.1, -0.05) is 43.0 Å². The molecule has 1 aromatic carbocycles. The zero-order valence-electron chi connectivity index (χ0n) is 20.3. The highest BCUT2D eigenvalue weighted by Gasteiger charge is 2.45. The number of hydrogen-bond donors (Lipinski definition) is 3. The fraction of sp³-hybridized carbons (Fsp3) is 0.593. The zero-order valence-corrected chi connectivity index (χ0v) is 21.1. The van der Waals surface area contributed by atoms with Crippen molar-refractivity contribution in [3.05, 3.63) is 51.4 Å². The minimum absolute atomic E-state index is 0.167. The molecule has 1 aromatic rings. The van der Waals surface area contributed by atoms with Gasteiger partial charge in [0.2, 0.25) is 5.91 Å². The highest BCUT2D eigenvalue weighted by molar-refractivity contribution is 8.04. The first-order chi connectivity index (χ1) is 15.2. The zero-order chi connectivity index (χ0) is 23.0. The van der Waals surface area contributed by atoms with Gasteiger partial charge in [-0.05, 0) is 87.6 Å². The van der Waals surface area contributed by atoms with Gasteiger partial charge in [0.25, 0.3) is 0 Å². The van der Waals surface area contributed by atoms with Crippen molar-refractivity contribution >= 4 is 23.4 Å². The maximum Gasteiger partial charge on any atom is 0.230 e. The second-order valence-corrected chi connectivity index (χ2v) is 11.5. The molecule has 4 rings (SSSR count). The van der Waals surface area contributed by atoms with Crippen molar-refractivity contribution in [1.29, 1.82) is 0 Å². The number of aryl methyl sites for hydroxylation is 2. The minimum Gasteiger partial charge on any atom is -0.372 e. The van der Waals surface area contributed by atoms with E-state index in [1.54, 1.807) is 0 Å². The molecule has 0 spiro atoms. The lowest BCUT2D eigenvalue weighted by Crippen LogP contribution is -2.44. The Kier molecular flexibility index (Phi) is 6.78. The van der Waals surface area contributed by atoms with Crippen LogP contribution >= 0.6 is 11.8 Å². The van der Waals surface area contributed by atoms with Gasteiger partial charge in [-0.3, -0.25) is 4.79 Å². The van der Waals surface area contributed by atoms with E-state index in [1.807, 2.05) is 11.8 Å². The molecule has 5 heteroatoms. The highest BCUT2D eigenvalue weighted by Crippen LogP contribution is 2.52. The average Bonchev–Trinajstić information content (AvgIpc) is 3.43. The minimum atomic E-state index is -0.522. The normalized spacial score (nSPS) is 27.4. The number of thioether (sulfide) groups is 1. The van der Waals surface area contributed by atoms with Crippen LogP contribution in [0.1, 0.15) is 69.6 Å². The Bertz CT molecular complexity index is 928. The van der Waals surface area contributed by atoms with Crippen LogP contribution in [-0.2, 0) is 4.79 Å². The second-order valence-electron chi connectivity index (χ2n) is 10.4. The molecule has 4 unspecified atom stereocenters. The maximum absolute atomic E-state index is 13.3. The Hall–Kier alpha value is -1.72. The summed E-state index contributed by atoms with van der Waals surface area (Å²) >= 11 is 1.82. The molecule has 0 radical (unpaired) electrons.